The Balaban J connectivity index is 1.99. The first-order valence-corrected chi connectivity index (χ1v) is 7.88. The van der Waals surface area contributed by atoms with E-state index in [9.17, 15) is 9.59 Å². The van der Waals surface area contributed by atoms with Crippen LogP contribution in [0.2, 0.25) is 0 Å². The Labute approximate surface area is 139 Å². The lowest BCUT2D eigenvalue weighted by Crippen LogP contribution is -2.54. The number of carbonyl (C=O) groups is 2. The van der Waals surface area contributed by atoms with Gasteiger partial charge in [-0.1, -0.05) is 0 Å². The summed E-state index contributed by atoms with van der Waals surface area (Å²) < 4.78 is 5.38. The van der Waals surface area contributed by atoms with E-state index in [2.05, 4.69) is 20.3 Å². The fourth-order valence-electron chi connectivity index (χ4n) is 2.67. The van der Waals surface area contributed by atoms with Gasteiger partial charge in [0.1, 0.15) is 35.1 Å². The van der Waals surface area contributed by atoms with Gasteiger partial charge in [-0.15, -0.1) is 0 Å². The Hall–Kier alpha value is -2.64. The third-order valence-electron chi connectivity index (χ3n) is 3.79. The molecule has 1 fully saturated rings. The van der Waals surface area contributed by atoms with Gasteiger partial charge in [-0.2, -0.15) is 0 Å². The van der Waals surface area contributed by atoms with Crippen LogP contribution in [0.25, 0.3) is 11.0 Å². The number of ether oxygens (including phenoxy) is 1. The molecule has 1 aliphatic heterocycles. The second kappa shape index (κ2) is 5.77. The lowest BCUT2D eigenvalue weighted by Gasteiger charge is -2.33. The average Bonchev–Trinajstić information content (AvgIpc) is 2.93. The predicted octanol–water partition coefficient (Wildman–Crippen LogP) is 1.24. The molecule has 1 unspecified atom stereocenters. The first-order valence-electron chi connectivity index (χ1n) is 7.88. The van der Waals surface area contributed by atoms with E-state index >= 15 is 0 Å². The Morgan fingerprint density at radius 1 is 1.38 bits per heavy atom. The second-order valence-electron chi connectivity index (χ2n) is 6.80. The van der Waals surface area contributed by atoms with Crippen LogP contribution in [0.4, 0.5) is 5.82 Å². The number of nitrogens with zero attached hydrogens (tertiary/aromatic N) is 3. The highest BCUT2D eigenvalue weighted by molar-refractivity contribution is 5.98. The Kier molecular flexibility index (Phi) is 3.90. The zero-order valence-electron chi connectivity index (χ0n) is 14.2. The number of fused-ring (bicyclic) bond motifs is 1. The van der Waals surface area contributed by atoms with Crippen molar-refractivity contribution in [3.8, 4) is 0 Å². The van der Waals surface area contributed by atoms with Crippen LogP contribution in [-0.4, -0.2) is 51.6 Å². The molecule has 0 aromatic carbocycles. The number of carbonyl (C=O) groups excluding carboxylic acids is 2. The van der Waals surface area contributed by atoms with Crippen molar-refractivity contribution >= 4 is 28.7 Å². The van der Waals surface area contributed by atoms with Gasteiger partial charge < -0.3 is 19.9 Å². The number of aromatic amines is 1. The van der Waals surface area contributed by atoms with Crippen LogP contribution in [0.3, 0.4) is 0 Å². The van der Waals surface area contributed by atoms with E-state index in [-0.39, 0.29) is 11.9 Å². The van der Waals surface area contributed by atoms with Gasteiger partial charge in [-0.05, 0) is 33.8 Å². The number of anilines is 1. The summed E-state index contributed by atoms with van der Waals surface area (Å²) in [4.78, 5) is 37.5. The molecule has 1 atom stereocenters. The van der Waals surface area contributed by atoms with Crippen molar-refractivity contribution in [1.29, 1.82) is 0 Å². The molecule has 1 saturated heterocycles. The number of rotatable bonds is 2. The Bertz CT molecular complexity index is 793. The number of aromatic nitrogens is 3. The number of hydrogen-bond acceptors (Lipinski definition) is 6. The minimum atomic E-state index is -0.581. The van der Waals surface area contributed by atoms with Gasteiger partial charge in [0, 0.05) is 13.1 Å². The monoisotopic (exact) mass is 331 g/mol. The molecule has 24 heavy (non-hydrogen) atoms. The largest absolute Gasteiger partial charge is 0.455 e. The third kappa shape index (κ3) is 3.04. The first kappa shape index (κ1) is 16.2. The molecule has 2 N–H and O–H groups in total. The van der Waals surface area contributed by atoms with Crippen molar-refractivity contribution in [1.82, 2.24) is 20.3 Å². The van der Waals surface area contributed by atoms with E-state index in [0.717, 1.165) is 0 Å². The van der Waals surface area contributed by atoms with Crippen molar-refractivity contribution in [3.63, 3.8) is 0 Å². The SMILES string of the molecule is CC1C(=O)NCCN1c1ncnc2[nH]c(C(=O)OC(C)(C)C)cc12. The van der Waals surface area contributed by atoms with E-state index in [4.69, 9.17) is 4.74 Å². The summed E-state index contributed by atoms with van der Waals surface area (Å²) in [6, 6.07) is 1.34. The van der Waals surface area contributed by atoms with Crippen LogP contribution in [0, 0.1) is 0 Å². The molecule has 0 saturated carbocycles. The molecule has 0 radical (unpaired) electrons. The van der Waals surface area contributed by atoms with Gasteiger partial charge in [0.2, 0.25) is 5.91 Å². The van der Waals surface area contributed by atoms with E-state index in [1.807, 2.05) is 32.6 Å². The topological polar surface area (TPSA) is 100 Å². The lowest BCUT2D eigenvalue weighted by atomic mass is 10.2. The van der Waals surface area contributed by atoms with Crippen LogP contribution < -0.4 is 10.2 Å². The lowest BCUT2D eigenvalue weighted by molar-refractivity contribution is -0.122. The molecule has 8 heteroatoms. The van der Waals surface area contributed by atoms with Crippen molar-refractivity contribution in [2.75, 3.05) is 18.0 Å². The minimum Gasteiger partial charge on any atom is -0.455 e. The summed E-state index contributed by atoms with van der Waals surface area (Å²) in [6.45, 7) is 8.46. The van der Waals surface area contributed by atoms with Gasteiger partial charge in [0.05, 0.1) is 5.39 Å². The number of nitrogens with one attached hydrogen (secondary N) is 2. The molecule has 1 aliphatic rings. The smallest absolute Gasteiger partial charge is 0.355 e. The summed E-state index contributed by atoms with van der Waals surface area (Å²) in [5.74, 6) is 0.139. The zero-order chi connectivity index (χ0) is 17.5. The number of esters is 1. The van der Waals surface area contributed by atoms with E-state index in [0.29, 0.717) is 35.6 Å². The molecule has 8 nitrogen and oxygen atoms in total. The van der Waals surface area contributed by atoms with Gasteiger partial charge in [0.25, 0.3) is 0 Å². The molecule has 0 bridgehead atoms. The van der Waals surface area contributed by atoms with Crippen LogP contribution in [0.5, 0.6) is 0 Å². The fraction of sp³-hybridized carbons (Fsp3) is 0.500. The maximum absolute atomic E-state index is 12.3. The third-order valence-corrected chi connectivity index (χ3v) is 3.79. The molecule has 2 aromatic heterocycles. The molecular formula is C16H21N5O3. The van der Waals surface area contributed by atoms with Gasteiger partial charge >= 0.3 is 5.97 Å². The van der Waals surface area contributed by atoms with Crippen LogP contribution in [0.15, 0.2) is 12.4 Å². The maximum Gasteiger partial charge on any atom is 0.355 e. The zero-order valence-corrected chi connectivity index (χ0v) is 14.2. The Morgan fingerprint density at radius 3 is 2.83 bits per heavy atom. The molecule has 128 valence electrons. The van der Waals surface area contributed by atoms with Gasteiger partial charge in [0.15, 0.2) is 0 Å². The molecule has 3 rings (SSSR count). The molecule has 3 heterocycles. The van der Waals surface area contributed by atoms with Crippen LogP contribution in [-0.2, 0) is 9.53 Å². The average molecular weight is 331 g/mol. The van der Waals surface area contributed by atoms with Crippen molar-refractivity contribution in [3.05, 3.63) is 18.1 Å². The second-order valence-corrected chi connectivity index (χ2v) is 6.80. The van der Waals surface area contributed by atoms with Crippen LogP contribution >= 0.6 is 0 Å². The highest BCUT2D eigenvalue weighted by atomic mass is 16.6. The number of amides is 1. The maximum atomic E-state index is 12.3. The fourth-order valence-corrected chi connectivity index (χ4v) is 2.67. The molecule has 0 spiro atoms. The molecule has 2 aromatic rings. The molecular weight excluding hydrogens is 310 g/mol. The minimum absolute atomic E-state index is 0.0455. The molecule has 1 amide bonds. The highest BCUT2D eigenvalue weighted by Crippen LogP contribution is 2.26. The highest BCUT2D eigenvalue weighted by Gasteiger charge is 2.29. The van der Waals surface area contributed by atoms with Crippen molar-refractivity contribution in [2.45, 2.75) is 39.3 Å². The van der Waals surface area contributed by atoms with E-state index in [1.165, 1.54) is 6.33 Å². The number of hydrogen-bond donors (Lipinski definition) is 2. The number of H-pyrrole nitrogens is 1. The van der Waals surface area contributed by atoms with Crippen molar-refractivity contribution < 1.29 is 14.3 Å². The number of piperazine rings is 1. The molecule has 0 aliphatic carbocycles. The summed E-state index contributed by atoms with van der Waals surface area (Å²) in [5.41, 5.74) is 0.275. The Morgan fingerprint density at radius 2 is 2.12 bits per heavy atom. The predicted molar refractivity (Wildman–Crippen MR) is 88.9 cm³/mol. The van der Waals surface area contributed by atoms with Gasteiger partial charge in [-0.3, -0.25) is 4.79 Å². The van der Waals surface area contributed by atoms with Gasteiger partial charge in [-0.25, -0.2) is 14.8 Å². The van der Waals surface area contributed by atoms with Crippen LogP contribution in [0.1, 0.15) is 38.2 Å². The normalized spacial score (nSPS) is 18.6. The summed E-state index contributed by atoms with van der Waals surface area (Å²) in [7, 11) is 0. The van der Waals surface area contributed by atoms with E-state index < -0.39 is 11.6 Å². The summed E-state index contributed by atoms with van der Waals surface area (Å²) in [5, 5.41) is 3.52. The van der Waals surface area contributed by atoms with Crippen molar-refractivity contribution in [2.24, 2.45) is 0 Å². The summed E-state index contributed by atoms with van der Waals surface area (Å²) in [6.07, 6.45) is 1.42. The quantitative estimate of drug-likeness (QED) is 0.803. The first-order chi connectivity index (χ1) is 11.3. The van der Waals surface area contributed by atoms with E-state index in [1.54, 1.807) is 6.07 Å². The summed E-state index contributed by atoms with van der Waals surface area (Å²) >= 11 is 0. The standard InChI is InChI=1S/C16H21N5O3/c1-9-14(22)17-5-6-21(9)13-10-7-11(15(23)24-16(2,3)4)20-12(10)18-8-19-13/h7-9H,5-6H2,1-4H3,(H,17,22)(H,18,19,20).